The Kier molecular flexibility index (Phi) is 4.34. The molecule has 1 aromatic rings. The van der Waals surface area contributed by atoms with Gasteiger partial charge in [-0.2, -0.15) is 0 Å². The Balaban J connectivity index is 2.65. The summed E-state index contributed by atoms with van der Waals surface area (Å²) < 4.78 is 1.09. The first kappa shape index (κ1) is 11.5. The van der Waals surface area contributed by atoms with Crippen molar-refractivity contribution in [1.29, 1.82) is 0 Å². The van der Waals surface area contributed by atoms with Crippen molar-refractivity contribution in [1.82, 2.24) is 0 Å². The van der Waals surface area contributed by atoms with Gasteiger partial charge in [0.15, 0.2) is 0 Å². The molecule has 1 amide bonds. The molecular weight excluding hydrogens is 291 g/mol. The van der Waals surface area contributed by atoms with Gasteiger partial charge in [0.2, 0.25) is 5.91 Å². The number of hydrogen-bond donors (Lipinski definition) is 2. The third kappa shape index (κ3) is 3.26. The Morgan fingerprint density at radius 3 is 2.93 bits per heavy atom. The molecule has 3 N–H and O–H groups in total. The van der Waals surface area contributed by atoms with E-state index < -0.39 is 6.04 Å². The van der Waals surface area contributed by atoms with Gasteiger partial charge in [0.25, 0.3) is 0 Å². The average molecular weight is 304 g/mol. The van der Waals surface area contributed by atoms with Crippen LogP contribution in [0.25, 0.3) is 0 Å². The molecule has 0 saturated carbocycles. The molecule has 0 aliphatic rings. The number of nitrogens with two attached hydrogens (primary N) is 1. The van der Waals surface area contributed by atoms with Gasteiger partial charge in [-0.15, -0.1) is 0 Å². The van der Waals surface area contributed by atoms with Crippen molar-refractivity contribution in [3.63, 3.8) is 0 Å². The van der Waals surface area contributed by atoms with E-state index in [0.29, 0.717) is 6.42 Å². The van der Waals surface area contributed by atoms with Gasteiger partial charge in [0.1, 0.15) is 0 Å². The summed E-state index contributed by atoms with van der Waals surface area (Å²) in [6, 6.07) is 7.20. The molecule has 0 aliphatic carbocycles. The van der Waals surface area contributed by atoms with Gasteiger partial charge in [-0.25, -0.2) is 0 Å². The Labute approximate surface area is 97.2 Å². The number of amides is 1. The van der Waals surface area contributed by atoms with Crippen LogP contribution in [-0.4, -0.2) is 11.9 Å². The Hall–Kier alpha value is -0.620. The first-order valence-corrected chi connectivity index (χ1v) is 5.53. The molecule has 0 bridgehead atoms. The normalized spacial score (nSPS) is 12.2. The molecule has 0 spiro atoms. The number of rotatable bonds is 3. The third-order valence-corrected chi connectivity index (χ3v) is 2.54. The number of halogens is 1. The summed E-state index contributed by atoms with van der Waals surface area (Å²) in [5.41, 5.74) is 6.39. The van der Waals surface area contributed by atoms with E-state index in [4.69, 9.17) is 5.73 Å². The van der Waals surface area contributed by atoms with Crippen molar-refractivity contribution >= 4 is 34.2 Å². The molecule has 0 heterocycles. The largest absolute Gasteiger partial charge is 0.325 e. The summed E-state index contributed by atoms with van der Waals surface area (Å²) in [5, 5.41) is 2.76. The van der Waals surface area contributed by atoms with Gasteiger partial charge in [0.05, 0.1) is 6.04 Å². The van der Waals surface area contributed by atoms with Crippen molar-refractivity contribution in [3.05, 3.63) is 27.8 Å². The van der Waals surface area contributed by atoms with Crippen molar-refractivity contribution in [2.45, 2.75) is 19.4 Å². The van der Waals surface area contributed by atoms with Crippen LogP contribution in [0.15, 0.2) is 24.3 Å². The average Bonchev–Trinajstić information content (AvgIpc) is 2.16. The molecule has 0 fully saturated rings. The predicted octanol–water partition coefficient (Wildman–Crippen LogP) is 1.97. The van der Waals surface area contributed by atoms with Gasteiger partial charge >= 0.3 is 0 Å². The second kappa shape index (κ2) is 5.31. The SMILES string of the molecule is CCC(N)C(=O)Nc1cccc(I)c1. The summed E-state index contributed by atoms with van der Waals surface area (Å²) in [4.78, 5) is 11.4. The quantitative estimate of drug-likeness (QED) is 0.839. The van der Waals surface area contributed by atoms with E-state index in [2.05, 4.69) is 27.9 Å². The molecule has 1 atom stereocenters. The molecule has 1 aromatic carbocycles. The fourth-order valence-electron chi connectivity index (χ4n) is 0.987. The van der Waals surface area contributed by atoms with E-state index >= 15 is 0 Å². The third-order valence-electron chi connectivity index (χ3n) is 1.87. The predicted molar refractivity (Wildman–Crippen MR) is 66.1 cm³/mol. The Bertz CT molecular complexity index is 328. The van der Waals surface area contributed by atoms with Gasteiger partial charge < -0.3 is 11.1 Å². The maximum absolute atomic E-state index is 11.4. The minimum absolute atomic E-state index is 0.130. The number of anilines is 1. The molecular formula is C10H13IN2O. The minimum Gasteiger partial charge on any atom is -0.325 e. The number of nitrogens with one attached hydrogen (secondary N) is 1. The molecule has 14 heavy (non-hydrogen) atoms. The van der Waals surface area contributed by atoms with Gasteiger partial charge in [-0.1, -0.05) is 13.0 Å². The van der Waals surface area contributed by atoms with Crippen LogP contribution < -0.4 is 11.1 Å². The van der Waals surface area contributed by atoms with E-state index in [-0.39, 0.29) is 5.91 Å². The highest BCUT2D eigenvalue weighted by Gasteiger charge is 2.10. The maximum Gasteiger partial charge on any atom is 0.241 e. The van der Waals surface area contributed by atoms with Crippen LogP contribution in [0.1, 0.15) is 13.3 Å². The van der Waals surface area contributed by atoms with Crippen molar-refractivity contribution < 1.29 is 4.79 Å². The first-order valence-electron chi connectivity index (χ1n) is 4.45. The monoisotopic (exact) mass is 304 g/mol. The number of carbonyl (C=O) groups excluding carboxylic acids is 1. The lowest BCUT2D eigenvalue weighted by molar-refractivity contribution is -0.117. The molecule has 4 heteroatoms. The second-order valence-corrected chi connectivity index (χ2v) is 4.26. The molecule has 0 aliphatic heterocycles. The lowest BCUT2D eigenvalue weighted by atomic mass is 10.2. The molecule has 76 valence electrons. The molecule has 3 nitrogen and oxygen atoms in total. The lowest BCUT2D eigenvalue weighted by Gasteiger charge is -2.09. The van der Waals surface area contributed by atoms with E-state index in [9.17, 15) is 4.79 Å². The zero-order valence-electron chi connectivity index (χ0n) is 7.96. The summed E-state index contributed by atoms with van der Waals surface area (Å²) in [6.07, 6.45) is 0.649. The van der Waals surface area contributed by atoms with E-state index in [1.54, 1.807) is 0 Å². The fraction of sp³-hybridized carbons (Fsp3) is 0.300. The highest BCUT2D eigenvalue weighted by atomic mass is 127. The first-order chi connectivity index (χ1) is 6.63. The standard InChI is InChI=1S/C10H13IN2O/c1-2-9(12)10(14)13-8-5-3-4-7(11)6-8/h3-6,9H,2,12H2,1H3,(H,13,14). The van der Waals surface area contributed by atoms with Crippen LogP contribution in [0, 0.1) is 3.57 Å². The van der Waals surface area contributed by atoms with Crippen LogP contribution in [-0.2, 0) is 4.79 Å². The van der Waals surface area contributed by atoms with E-state index in [0.717, 1.165) is 9.26 Å². The van der Waals surface area contributed by atoms with Crippen LogP contribution in [0.5, 0.6) is 0 Å². The fourth-order valence-corrected chi connectivity index (χ4v) is 1.53. The van der Waals surface area contributed by atoms with E-state index in [1.807, 2.05) is 31.2 Å². The van der Waals surface area contributed by atoms with Crippen LogP contribution in [0.3, 0.4) is 0 Å². The summed E-state index contributed by atoms with van der Waals surface area (Å²) in [6.45, 7) is 1.89. The number of hydrogen-bond acceptors (Lipinski definition) is 2. The lowest BCUT2D eigenvalue weighted by Crippen LogP contribution is -2.34. The van der Waals surface area contributed by atoms with Crippen molar-refractivity contribution in [2.75, 3.05) is 5.32 Å². The summed E-state index contributed by atoms with van der Waals surface area (Å²) in [5.74, 6) is -0.130. The van der Waals surface area contributed by atoms with Gasteiger partial charge in [-0.05, 0) is 47.2 Å². The van der Waals surface area contributed by atoms with Gasteiger partial charge in [-0.3, -0.25) is 4.79 Å². The highest BCUT2D eigenvalue weighted by Crippen LogP contribution is 2.12. The molecule has 0 radical (unpaired) electrons. The summed E-state index contributed by atoms with van der Waals surface area (Å²) in [7, 11) is 0. The van der Waals surface area contributed by atoms with Crippen molar-refractivity contribution in [3.8, 4) is 0 Å². The molecule has 1 unspecified atom stereocenters. The number of benzene rings is 1. The van der Waals surface area contributed by atoms with E-state index in [1.165, 1.54) is 0 Å². The minimum atomic E-state index is -0.423. The maximum atomic E-state index is 11.4. The number of carbonyl (C=O) groups is 1. The zero-order chi connectivity index (χ0) is 10.6. The Morgan fingerprint density at radius 2 is 2.36 bits per heavy atom. The topological polar surface area (TPSA) is 55.1 Å². The highest BCUT2D eigenvalue weighted by molar-refractivity contribution is 14.1. The zero-order valence-corrected chi connectivity index (χ0v) is 10.1. The Morgan fingerprint density at radius 1 is 1.64 bits per heavy atom. The molecule has 0 saturated heterocycles. The van der Waals surface area contributed by atoms with Crippen LogP contribution in [0.4, 0.5) is 5.69 Å². The van der Waals surface area contributed by atoms with Gasteiger partial charge in [0, 0.05) is 9.26 Å². The second-order valence-electron chi connectivity index (χ2n) is 3.01. The van der Waals surface area contributed by atoms with Crippen LogP contribution >= 0.6 is 22.6 Å². The summed E-state index contributed by atoms with van der Waals surface area (Å²) >= 11 is 2.20. The molecule has 1 rings (SSSR count). The smallest absolute Gasteiger partial charge is 0.241 e. The van der Waals surface area contributed by atoms with Crippen LogP contribution in [0.2, 0.25) is 0 Å². The molecule has 0 aromatic heterocycles. The van der Waals surface area contributed by atoms with Crippen molar-refractivity contribution in [2.24, 2.45) is 5.73 Å².